The molecule has 1 amide bonds. The highest BCUT2D eigenvalue weighted by Gasteiger charge is 2.46. The fourth-order valence-corrected chi connectivity index (χ4v) is 5.04. The fraction of sp³-hybridized carbons (Fsp3) is 0.310. The highest BCUT2D eigenvalue weighted by atomic mass is 32.1. The number of aliphatic hydroxyl groups is 1. The van der Waals surface area contributed by atoms with Gasteiger partial charge in [-0.15, -0.1) is 11.3 Å². The number of carbonyl (C=O) groups is 2. The number of hydrogen-bond donors (Lipinski definition) is 1. The number of nitrogens with zero attached hydrogens (tertiary/aromatic N) is 1. The summed E-state index contributed by atoms with van der Waals surface area (Å²) in [6.45, 7) is 3.13. The summed E-state index contributed by atoms with van der Waals surface area (Å²) in [5.41, 5.74) is 0.531. The maximum absolute atomic E-state index is 13.1. The number of ether oxygens (including phenoxy) is 3. The van der Waals surface area contributed by atoms with Gasteiger partial charge in [0.05, 0.1) is 31.9 Å². The second-order valence-corrected chi connectivity index (χ2v) is 9.59. The third-order valence-corrected chi connectivity index (χ3v) is 7.08. The van der Waals surface area contributed by atoms with Crippen molar-refractivity contribution < 1.29 is 28.9 Å². The van der Waals surface area contributed by atoms with E-state index in [1.807, 2.05) is 17.5 Å². The Bertz CT molecular complexity index is 1220. The van der Waals surface area contributed by atoms with E-state index >= 15 is 0 Å². The van der Waals surface area contributed by atoms with E-state index in [1.54, 1.807) is 55.6 Å². The highest BCUT2D eigenvalue weighted by molar-refractivity contribution is 7.10. The van der Waals surface area contributed by atoms with Crippen LogP contribution in [0.15, 0.2) is 71.6 Å². The summed E-state index contributed by atoms with van der Waals surface area (Å²) in [6.07, 6.45) is 3.20. The number of Topliss-reactive ketones (excluding diaryl/α,β-unsaturated/α-hetero) is 1. The van der Waals surface area contributed by atoms with E-state index in [0.717, 1.165) is 24.1 Å². The molecule has 1 fully saturated rings. The van der Waals surface area contributed by atoms with Gasteiger partial charge in [-0.05, 0) is 66.4 Å². The summed E-state index contributed by atoms with van der Waals surface area (Å²) in [5, 5.41) is 13.1. The standard InChI is InChI=1S/C29H31NO6S/c1-3-4-5-17-35-22-10-8-20(9-11-22)27(31)25-26(24-7-6-19-37-24)30(29(33)28(25)32)16-18-36-23-14-12-21(34-2)13-15-23/h6-15,19,26,31H,3-5,16-18H2,1-2H3/b27-25-. The van der Waals surface area contributed by atoms with Crippen LogP contribution < -0.4 is 14.2 Å². The number of unbranched alkanes of at least 4 members (excludes halogenated alkanes) is 2. The van der Waals surface area contributed by atoms with Gasteiger partial charge in [0.2, 0.25) is 0 Å². The molecule has 1 N–H and O–H groups in total. The number of carbonyl (C=O) groups excluding carboxylic acids is 2. The maximum Gasteiger partial charge on any atom is 0.295 e. The molecule has 2 aromatic carbocycles. The van der Waals surface area contributed by atoms with Gasteiger partial charge >= 0.3 is 0 Å². The van der Waals surface area contributed by atoms with E-state index in [9.17, 15) is 14.7 Å². The van der Waals surface area contributed by atoms with Crippen LogP contribution in [-0.2, 0) is 9.59 Å². The molecule has 1 aliphatic heterocycles. The zero-order valence-corrected chi connectivity index (χ0v) is 21.8. The smallest absolute Gasteiger partial charge is 0.295 e. The Morgan fingerprint density at radius 2 is 1.57 bits per heavy atom. The van der Waals surface area contributed by atoms with Crippen LogP contribution in [0.3, 0.4) is 0 Å². The van der Waals surface area contributed by atoms with Crippen LogP contribution in [0.25, 0.3) is 5.76 Å². The van der Waals surface area contributed by atoms with E-state index in [-0.39, 0.29) is 24.5 Å². The molecule has 0 radical (unpaired) electrons. The van der Waals surface area contributed by atoms with E-state index in [1.165, 1.54) is 16.2 Å². The average molecular weight is 522 g/mol. The lowest BCUT2D eigenvalue weighted by molar-refractivity contribution is -0.140. The van der Waals surface area contributed by atoms with Crippen molar-refractivity contribution in [1.82, 2.24) is 4.90 Å². The van der Waals surface area contributed by atoms with Crippen LogP contribution in [-0.4, -0.2) is 48.6 Å². The van der Waals surface area contributed by atoms with Gasteiger partial charge in [-0.3, -0.25) is 9.59 Å². The summed E-state index contributed by atoms with van der Waals surface area (Å²) >= 11 is 1.43. The number of likely N-dealkylation sites (tertiary alicyclic amines) is 1. The van der Waals surface area contributed by atoms with Crippen molar-refractivity contribution in [2.45, 2.75) is 32.2 Å². The minimum Gasteiger partial charge on any atom is -0.507 e. The second-order valence-electron chi connectivity index (χ2n) is 8.61. The molecule has 0 aliphatic carbocycles. The van der Waals surface area contributed by atoms with Crippen LogP contribution in [0.2, 0.25) is 0 Å². The van der Waals surface area contributed by atoms with Crippen LogP contribution in [0.1, 0.15) is 42.7 Å². The van der Waals surface area contributed by atoms with Crippen molar-refractivity contribution in [2.24, 2.45) is 0 Å². The Balaban J connectivity index is 1.53. The average Bonchev–Trinajstić information content (AvgIpc) is 3.54. The van der Waals surface area contributed by atoms with Gasteiger partial charge in [0.25, 0.3) is 11.7 Å². The van der Waals surface area contributed by atoms with Gasteiger partial charge in [-0.2, -0.15) is 0 Å². The summed E-state index contributed by atoms with van der Waals surface area (Å²) in [6, 6.07) is 17.1. The largest absolute Gasteiger partial charge is 0.507 e. The fourth-order valence-electron chi connectivity index (χ4n) is 4.19. The summed E-state index contributed by atoms with van der Waals surface area (Å²) in [5.74, 6) is 0.467. The van der Waals surface area contributed by atoms with Gasteiger partial charge in [-0.25, -0.2) is 0 Å². The Labute approximate surface area is 220 Å². The zero-order valence-electron chi connectivity index (χ0n) is 21.0. The first-order chi connectivity index (χ1) is 18.0. The number of thiophene rings is 1. The first-order valence-electron chi connectivity index (χ1n) is 12.4. The molecule has 2 heterocycles. The van der Waals surface area contributed by atoms with E-state index < -0.39 is 17.7 Å². The van der Waals surface area contributed by atoms with E-state index in [0.29, 0.717) is 29.4 Å². The third-order valence-electron chi connectivity index (χ3n) is 6.16. The molecule has 4 rings (SSSR count). The quantitative estimate of drug-likeness (QED) is 0.140. The molecule has 0 saturated carbocycles. The number of benzene rings is 2. The van der Waals surface area contributed by atoms with Crippen molar-refractivity contribution in [2.75, 3.05) is 26.9 Å². The molecule has 1 unspecified atom stereocenters. The summed E-state index contributed by atoms with van der Waals surface area (Å²) in [4.78, 5) is 28.4. The van der Waals surface area contributed by atoms with Gasteiger partial charge in [0, 0.05) is 10.4 Å². The topological polar surface area (TPSA) is 85.3 Å². The van der Waals surface area contributed by atoms with Crippen LogP contribution in [0.5, 0.6) is 17.2 Å². The summed E-state index contributed by atoms with van der Waals surface area (Å²) < 4.78 is 16.7. The van der Waals surface area contributed by atoms with Crippen LogP contribution in [0, 0.1) is 0 Å². The minimum atomic E-state index is -0.708. The number of rotatable bonds is 12. The van der Waals surface area contributed by atoms with Crippen molar-refractivity contribution in [3.05, 3.63) is 82.1 Å². The Hall–Kier alpha value is -3.78. The molecule has 0 spiro atoms. The van der Waals surface area contributed by atoms with E-state index in [2.05, 4.69) is 6.92 Å². The number of aliphatic hydroxyl groups excluding tert-OH is 1. The first-order valence-corrected chi connectivity index (χ1v) is 13.2. The lowest BCUT2D eigenvalue weighted by Crippen LogP contribution is -2.33. The molecular formula is C29H31NO6S. The van der Waals surface area contributed by atoms with Crippen molar-refractivity contribution in [3.63, 3.8) is 0 Å². The normalized spacial score (nSPS) is 16.7. The predicted octanol–water partition coefficient (Wildman–Crippen LogP) is 5.83. The van der Waals surface area contributed by atoms with Crippen LogP contribution in [0.4, 0.5) is 0 Å². The molecule has 0 bridgehead atoms. The monoisotopic (exact) mass is 521 g/mol. The first kappa shape index (κ1) is 26.3. The second kappa shape index (κ2) is 12.5. The molecule has 8 heteroatoms. The van der Waals surface area contributed by atoms with Gasteiger partial charge in [0.1, 0.15) is 29.6 Å². The molecule has 37 heavy (non-hydrogen) atoms. The third kappa shape index (κ3) is 6.14. The molecule has 7 nitrogen and oxygen atoms in total. The Morgan fingerprint density at radius 1 is 0.919 bits per heavy atom. The Kier molecular flexibility index (Phi) is 8.85. The van der Waals surface area contributed by atoms with Crippen molar-refractivity contribution >= 4 is 28.8 Å². The van der Waals surface area contributed by atoms with Crippen molar-refractivity contribution in [3.8, 4) is 17.2 Å². The minimum absolute atomic E-state index is 0.0773. The molecule has 194 valence electrons. The number of ketones is 1. The molecule has 1 atom stereocenters. The zero-order chi connectivity index (χ0) is 26.2. The Morgan fingerprint density at radius 3 is 2.19 bits per heavy atom. The SMILES string of the molecule is CCCCCOc1ccc(/C(O)=C2/C(=O)C(=O)N(CCOc3ccc(OC)cc3)C2c2cccs2)cc1. The summed E-state index contributed by atoms with van der Waals surface area (Å²) in [7, 11) is 1.59. The molecular weight excluding hydrogens is 490 g/mol. The predicted molar refractivity (Wildman–Crippen MR) is 143 cm³/mol. The van der Waals surface area contributed by atoms with E-state index in [4.69, 9.17) is 14.2 Å². The molecule has 1 aromatic heterocycles. The van der Waals surface area contributed by atoms with Gasteiger partial charge < -0.3 is 24.2 Å². The van der Waals surface area contributed by atoms with Crippen molar-refractivity contribution in [1.29, 1.82) is 0 Å². The number of hydrogen-bond acceptors (Lipinski definition) is 7. The van der Waals surface area contributed by atoms with Gasteiger partial charge in [0.15, 0.2) is 0 Å². The number of amides is 1. The lowest BCUT2D eigenvalue weighted by atomic mass is 10.00. The lowest BCUT2D eigenvalue weighted by Gasteiger charge is -2.24. The molecule has 1 aliphatic rings. The van der Waals surface area contributed by atoms with Gasteiger partial charge in [-0.1, -0.05) is 25.8 Å². The molecule has 1 saturated heterocycles. The number of methoxy groups -OCH3 is 1. The maximum atomic E-state index is 13.1. The van der Waals surface area contributed by atoms with Crippen LogP contribution >= 0.6 is 11.3 Å². The molecule has 3 aromatic rings. The highest BCUT2D eigenvalue weighted by Crippen LogP contribution is 2.41.